The molecule has 2 unspecified atom stereocenters. The Hall–Kier alpha value is -0.820. The van der Waals surface area contributed by atoms with Gasteiger partial charge in [-0.25, -0.2) is 0 Å². The summed E-state index contributed by atoms with van der Waals surface area (Å²) in [5.74, 6) is 0.695. The van der Waals surface area contributed by atoms with Gasteiger partial charge in [0.25, 0.3) is 0 Å². The van der Waals surface area contributed by atoms with Crippen molar-refractivity contribution >= 4 is 0 Å². The maximum Gasteiger partial charge on any atom is 0.0181 e. The molecule has 0 amide bonds. The van der Waals surface area contributed by atoms with Crippen molar-refractivity contribution in [2.45, 2.75) is 52.0 Å². The van der Waals surface area contributed by atoms with E-state index >= 15 is 0 Å². The Balaban J connectivity index is 2.93. The quantitative estimate of drug-likeness (QED) is 0.783. The molecule has 0 saturated carbocycles. The molecule has 1 nitrogen and oxygen atoms in total. The zero-order valence-electron chi connectivity index (χ0n) is 12.0. The lowest BCUT2D eigenvalue weighted by Crippen LogP contribution is -2.47. The first-order valence-corrected chi connectivity index (χ1v) is 6.76. The Morgan fingerprint density at radius 3 is 2.24 bits per heavy atom. The van der Waals surface area contributed by atoms with E-state index in [1.165, 1.54) is 18.4 Å². The van der Waals surface area contributed by atoms with Gasteiger partial charge in [0.2, 0.25) is 0 Å². The largest absolute Gasteiger partial charge is 0.316 e. The summed E-state index contributed by atoms with van der Waals surface area (Å²) in [7, 11) is 2.08. The van der Waals surface area contributed by atoms with Crippen LogP contribution in [0.2, 0.25) is 0 Å². The molecule has 0 aliphatic carbocycles. The second kappa shape index (κ2) is 6.20. The molecule has 0 radical (unpaired) electrons. The maximum absolute atomic E-state index is 3.53. The smallest absolute Gasteiger partial charge is 0.0181 e. The van der Waals surface area contributed by atoms with Crippen LogP contribution in [0.3, 0.4) is 0 Å². The third-order valence-electron chi connectivity index (χ3n) is 3.92. The molecule has 1 N–H and O–H groups in total. The summed E-state index contributed by atoms with van der Waals surface area (Å²) in [6.45, 7) is 9.30. The van der Waals surface area contributed by atoms with E-state index in [4.69, 9.17) is 0 Å². The van der Waals surface area contributed by atoms with Crippen molar-refractivity contribution in [1.29, 1.82) is 0 Å². The number of likely N-dealkylation sites (N-methyl/N-ethyl adjacent to an activating group) is 1. The standard InChI is InChI=1S/C16H27N/c1-6-10-13(2)15(17-5)16(3,4)14-11-8-7-9-12-14/h7-9,11-13,15,17H,6,10H2,1-5H3. The molecule has 0 fully saturated rings. The third kappa shape index (κ3) is 3.32. The minimum Gasteiger partial charge on any atom is -0.316 e. The van der Waals surface area contributed by atoms with Crippen molar-refractivity contribution in [2.75, 3.05) is 7.05 Å². The van der Waals surface area contributed by atoms with E-state index in [1.807, 2.05) is 0 Å². The maximum atomic E-state index is 3.53. The van der Waals surface area contributed by atoms with Crippen LogP contribution in [0.4, 0.5) is 0 Å². The first-order chi connectivity index (χ1) is 8.04. The molecule has 0 heterocycles. The molecule has 96 valence electrons. The molecule has 0 aromatic heterocycles. The highest BCUT2D eigenvalue weighted by Gasteiger charge is 2.33. The fourth-order valence-corrected chi connectivity index (χ4v) is 3.03. The van der Waals surface area contributed by atoms with E-state index in [0.29, 0.717) is 12.0 Å². The van der Waals surface area contributed by atoms with Crippen LogP contribution in [0.1, 0.15) is 46.1 Å². The number of rotatable bonds is 6. The van der Waals surface area contributed by atoms with Crippen molar-refractivity contribution < 1.29 is 0 Å². The summed E-state index contributed by atoms with van der Waals surface area (Å²) < 4.78 is 0. The molecule has 0 spiro atoms. The summed E-state index contributed by atoms with van der Waals surface area (Å²) in [5.41, 5.74) is 1.59. The topological polar surface area (TPSA) is 12.0 Å². The molecule has 0 saturated heterocycles. The summed E-state index contributed by atoms with van der Waals surface area (Å²) in [5, 5.41) is 3.53. The van der Waals surface area contributed by atoms with Gasteiger partial charge in [0.05, 0.1) is 0 Å². The van der Waals surface area contributed by atoms with E-state index < -0.39 is 0 Å². The fraction of sp³-hybridized carbons (Fsp3) is 0.625. The Morgan fingerprint density at radius 2 is 1.76 bits per heavy atom. The minimum absolute atomic E-state index is 0.171. The van der Waals surface area contributed by atoms with Gasteiger partial charge in [0.1, 0.15) is 0 Å². The highest BCUT2D eigenvalue weighted by atomic mass is 14.9. The van der Waals surface area contributed by atoms with E-state index in [9.17, 15) is 0 Å². The Bertz CT molecular complexity index is 316. The van der Waals surface area contributed by atoms with E-state index in [-0.39, 0.29) is 5.41 Å². The summed E-state index contributed by atoms with van der Waals surface area (Å²) in [6.07, 6.45) is 2.53. The van der Waals surface area contributed by atoms with Crippen LogP contribution in [-0.2, 0) is 5.41 Å². The van der Waals surface area contributed by atoms with Gasteiger partial charge in [0, 0.05) is 11.5 Å². The van der Waals surface area contributed by atoms with Gasteiger partial charge in [-0.1, -0.05) is 64.4 Å². The molecule has 1 rings (SSSR count). The van der Waals surface area contributed by atoms with Gasteiger partial charge in [-0.3, -0.25) is 0 Å². The van der Waals surface area contributed by atoms with Crippen molar-refractivity contribution in [3.63, 3.8) is 0 Å². The van der Waals surface area contributed by atoms with Crippen molar-refractivity contribution in [3.05, 3.63) is 35.9 Å². The van der Waals surface area contributed by atoms with Gasteiger partial charge < -0.3 is 5.32 Å². The molecule has 1 aromatic rings. The molecule has 0 aliphatic heterocycles. The Morgan fingerprint density at radius 1 is 1.18 bits per heavy atom. The van der Waals surface area contributed by atoms with Gasteiger partial charge in [-0.05, 0) is 24.9 Å². The SMILES string of the molecule is CCCC(C)C(NC)C(C)(C)c1ccccc1. The zero-order valence-corrected chi connectivity index (χ0v) is 12.0. The zero-order chi connectivity index (χ0) is 12.9. The summed E-state index contributed by atoms with van der Waals surface area (Å²) in [4.78, 5) is 0. The predicted molar refractivity (Wildman–Crippen MR) is 76.4 cm³/mol. The average molecular weight is 233 g/mol. The first kappa shape index (κ1) is 14.2. The van der Waals surface area contributed by atoms with E-state index in [1.54, 1.807) is 0 Å². The van der Waals surface area contributed by atoms with Crippen LogP contribution in [0.25, 0.3) is 0 Å². The van der Waals surface area contributed by atoms with Crippen molar-refractivity contribution in [2.24, 2.45) is 5.92 Å². The molecule has 0 bridgehead atoms. The monoisotopic (exact) mass is 233 g/mol. The molecular weight excluding hydrogens is 206 g/mol. The molecule has 2 atom stereocenters. The normalized spacial score (nSPS) is 15.6. The number of hydrogen-bond donors (Lipinski definition) is 1. The highest BCUT2D eigenvalue weighted by molar-refractivity contribution is 5.26. The molecular formula is C16H27N. The molecule has 1 heteroatoms. The summed E-state index contributed by atoms with van der Waals surface area (Å²) >= 11 is 0. The second-order valence-electron chi connectivity index (χ2n) is 5.62. The highest BCUT2D eigenvalue weighted by Crippen LogP contribution is 2.32. The lowest BCUT2D eigenvalue weighted by Gasteiger charge is -2.39. The third-order valence-corrected chi connectivity index (χ3v) is 3.92. The lowest BCUT2D eigenvalue weighted by molar-refractivity contribution is 0.259. The predicted octanol–water partition coefficient (Wildman–Crippen LogP) is 3.99. The minimum atomic E-state index is 0.171. The number of benzene rings is 1. The molecule has 1 aromatic carbocycles. The van der Waals surface area contributed by atoms with E-state index in [2.05, 4.69) is 70.4 Å². The van der Waals surface area contributed by atoms with Crippen molar-refractivity contribution in [1.82, 2.24) is 5.32 Å². The van der Waals surface area contributed by atoms with Crippen molar-refractivity contribution in [3.8, 4) is 0 Å². The van der Waals surface area contributed by atoms with Crippen LogP contribution in [0.15, 0.2) is 30.3 Å². The van der Waals surface area contributed by atoms with Crippen LogP contribution >= 0.6 is 0 Å². The Labute approximate surface area is 107 Å². The van der Waals surface area contributed by atoms with Gasteiger partial charge in [-0.2, -0.15) is 0 Å². The van der Waals surface area contributed by atoms with Crippen LogP contribution in [-0.4, -0.2) is 13.1 Å². The molecule has 0 aliphatic rings. The lowest BCUT2D eigenvalue weighted by atomic mass is 9.72. The number of nitrogens with one attached hydrogen (secondary N) is 1. The van der Waals surface area contributed by atoms with E-state index in [0.717, 1.165) is 0 Å². The summed E-state index contributed by atoms with van der Waals surface area (Å²) in [6, 6.07) is 11.3. The van der Waals surface area contributed by atoms with Crippen LogP contribution in [0, 0.1) is 5.92 Å². The molecule has 17 heavy (non-hydrogen) atoms. The van der Waals surface area contributed by atoms with Gasteiger partial charge >= 0.3 is 0 Å². The first-order valence-electron chi connectivity index (χ1n) is 6.76. The van der Waals surface area contributed by atoms with Gasteiger partial charge in [-0.15, -0.1) is 0 Å². The second-order valence-corrected chi connectivity index (χ2v) is 5.62. The van der Waals surface area contributed by atoms with Crippen LogP contribution in [0.5, 0.6) is 0 Å². The fourth-order valence-electron chi connectivity index (χ4n) is 3.03. The van der Waals surface area contributed by atoms with Gasteiger partial charge in [0.15, 0.2) is 0 Å². The Kier molecular flexibility index (Phi) is 5.20. The number of hydrogen-bond acceptors (Lipinski definition) is 1. The van der Waals surface area contributed by atoms with Crippen LogP contribution < -0.4 is 5.32 Å². The average Bonchev–Trinajstić information content (AvgIpc) is 2.31.